The summed E-state index contributed by atoms with van der Waals surface area (Å²) in [4.78, 5) is 12.3. The van der Waals surface area contributed by atoms with Crippen molar-refractivity contribution in [1.82, 2.24) is 5.32 Å². The van der Waals surface area contributed by atoms with E-state index in [1.807, 2.05) is 51.1 Å². The Morgan fingerprint density at radius 2 is 1.67 bits per heavy atom. The van der Waals surface area contributed by atoms with E-state index in [9.17, 15) is 4.79 Å². The maximum absolute atomic E-state index is 12.3. The van der Waals surface area contributed by atoms with Crippen LogP contribution >= 0.6 is 0 Å². The minimum atomic E-state index is -0.509. The summed E-state index contributed by atoms with van der Waals surface area (Å²) in [6, 6.07) is 16.4. The van der Waals surface area contributed by atoms with Gasteiger partial charge < -0.3 is 10.1 Å². The maximum atomic E-state index is 12.3. The number of aryl methyl sites for hydroxylation is 3. The molecule has 128 valence electrons. The van der Waals surface area contributed by atoms with Gasteiger partial charge in [-0.3, -0.25) is 4.79 Å². The molecule has 0 spiro atoms. The van der Waals surface area contributed by atoms with E-state index in [1.165, 1.54) is 5.56 Å². The number of rotatable bonds is 7. The van der Waals surface area contributed by atoms with Gasteiger partial charge in [-0.15, -0.1) is 0 Å². The van der Waals surface area contributed by atoms with Crippen LogP contribution in [0.4, 0.5) is 0 Å². The standard InChI is InChI=1S/C21H27NO2/c1-15-12-16(2)14-20(13-15)24-18(4)21(23)22-17(3)10-11-19-8-6-5-7-9-19/h5-9,12-14,17-18H,10-11H2,1-4H3,(H,22,23)/t17-,18-/m1/s1. The van der Waals surface area contributed by atoms with Crippen LogP contribution in [-0.4, -0.2) is 18.1 Å². The molecule has 2 aromatic carbocycles. The fourth-order valence-electron chi connectivity index (χ4n) is 2.72. The van der Waals surface area contributed by atoms with Gasteiger partial charge in [0.25, 0.3) is 5.91 Å². The van der Waals surface area contributed by atoms with Crippen molar-refractivity contribution in [3.8, 4) is 5.75 Å². The molecule has 3 heteroatoms. The number of carbonyl (C=O) groups is 1. The molecule has 2 atom stereocenters. The number of hydrogen-bond donors (Lipinski definition) is 1. The molecule has 0 bridgehead atoms. The third kappa shape index (κ3) is 5.73. The smallest absolute Gasteiger partial charge is 0.260 e. The molecule has 0 fully saturated rings. The van der Waals surface area contributed by atoms with Crippen molar-refractivity contribution in [3.05, 3.63) is 65.2 Å². The van der Waals surface area contributed by atoms with Crippen molar-refractivity contribution in [1.29, 1.82) is 0 Å². The van der Waals surface area contributed by atoms with Crippen molar-refractivity contribution in [3.63, 3.8) is 0 Å². The van der Waals surface area contributed by atoms with E-state index >= 15 is 0 Å². The highest BCUT2D eigenvalue weighted by atomic mass is 16.5. The maximum Gasteiger partial charge on any atom is 0.260 e. The quantitative estimate of drug-likeness (QED) is 0.828. The van der Waals surface area contributed by atoms with E-state index in [4.69, 9.17) is 4.74 Å². The number of amides is 1. The monoisotopic (exact) mass is 325 g/mol. The summed E-state index contributed by atoms with van der Waals surface area (Å²) in [6.45, 7) is 7.87. The van der Waals surface area contributed by atoms with Crippen molar-refractivity contribution in [2.45, 2.75) is 52.7 Å². The molecule has 0 aliphatic heterocycles. The first-order valence-electron chi connectivity index (χ1n) is 8.53. The Labute approximate surface area is 145 Å². The predicted octanol–water partition coefficient (Wildman–Crippen LogP) is 4.21. The average molecular weight is 325 g/mol. The van der Waals surface area contributed by atoms with Crippen LogP contribution in [0.5, 0.6) is 5.75 Å². The largest absolute Gasteiger partial charge is 0.481 e. The second-order valence-electron chi connectivity index (χ2n) is 6.52. The highest BCUT2D eigenvalue weighted by Crippen LogP contribution is 2.17. The number of benzene rings is 2. The number of nitrogens with one attached hydrogen (secondary N) is 1. The lowest BCUT2D eigenvalue weighted by molar-refractivity contribution is -0.127. The van der Waals surface area contributed by atoms with E-state index in [0.29, 0.717) is 0 Å². The molecular weight excluding hydrogens is 298 g/mol. The second kappa shape index (κ2) is 8.53. The van der Waals surface area contributed by atoms with Crippen LogP contribution in [0, 0.1) is 13.8 Å². The van der Waals surface area contributed by atoms with Gasteiger partial charge in [0.1, 0.15) is 5.75 Å². The van der Waals surface area contributed by atoms with Gasteiger partial charge in [0, 0.05) is 6.04 Å². The summed E-state index contributed by atoms with van der Waals surface area (Å²) < 4.78 is 5.79. The van der Waals surface area contributed by atoms with Gasteiger partial charge in [-0.25, -0.2) is 0 Å². The molecule has 2 aromatic rings. The molecule has 2 rings (SSSR count). The summed E-state index contributed by atoms with van der Waals surface area (Å²) in [7, 11) is 0. The van der Waals surface area contributed by atoms with E-state index < -0.39 is 6.10 Å². The van der Waals surface area contributed by atoms with E-state index in [0.717, 1.165) is 29.7 Å². The molecule has 0 heterocycles. The summed E-state index contributed by atoms with van der Waals surface area (Å²) >= 11 is 0. The Hall–Kier alpha value is -2.29. The number of ether oxygens (including phenoxy) is 1. The molecule has 0 saturated heterocycles. The van der Waals surface area contributed by atoms with Crippen molar-refractivity contribution in [2.75, 3.05) is 0 Å². The van der Waals surface area contributed by atoms with Gasteiger partial charge >= 0.3 is 0 Å². The molecule has 24 heavy (non-hydrogen) atoms. The zero-order chi connectivity index (χ0) is 17.5. The minimum Gasteiger partial charge on any atom is -0.481 e. The van der Waals surface area contributed by atoms with Crippen molar-refractivity contribution < 1.29 is 9.53 Å². The molecular formula is C21H27NO2. The van der Waals surface area contributed by atoms with E-state index in [2.05, 4.69) is 23.5 Å². The third-order valence-electron chi connectivity index (χ3n) is 3.97. The highest BCUT2D eigenvalue weighted by Gasteiger charge is 2.17. The minimum absolute atomic E-state index is 0.0743. The molecule has 3 nitrogen and oxygen atoms in total. The first-order chi connectivity index (χ1) is 11.4. The normalized spacial score (nSPS) is 13.2. The van der Waals surface area contributed by atoms with Crippen LogP contribution in [0.25, 0.3) is 0 Å². The lowest BCUT2D eigenvalue weighted by Gasteiger charge is -2.19. The molecule has 0 aliphatic rings. The van der Waals surface area contributed by atoms with Gasteiger partial charge in [0.2, 0.25) is 0 Å². The van der Waals surface area contributed by atoms with Crippen LogP contribution in [0.15, 0.2) is 48.5 Å². The SMILES string of the molecule is Cc1cc(C)cc(O[C@H](C)C(=O)N[C@H](C)CCc2ccccc2)c1. The van der Waals surface area contributed by atoms with Crippen LogP contribution in [0.1, 0.15) is 37.0 Å². The number of hydrogen-bond acceptors (Lipinski definition) is 2. The zero-order valence-electron chi connectivity index (χ0n) is 15.0. The van der Waals surface area contributed by atoms with Crippen LogP contribution < -0.4 is 10.1 Å². The van der Waals surface area contributed by atoms with Crippen molar-refractivity contribution in [2.24, 2.45) is 0 Å². The summed E-state index contributed by atoms with van der Waals surface area (Å²) in [6.07, 6.45) is 1.35. The fourth-order valence-corrected chi connectivity index (χ4v) is 2.72. The molecule has 0 saturated carbocycles. The summed E-state index contributed by atoms with van der Waals surface area (Å²) in [5, 5.41) is 3.04. The zero-order valence-corrected chi connectivity index (χ0v) is 15.0. The van der Waals surface area contributed by atoms with Gasteiger partial charge in [0.05, 0.1) is 0 Å². The van der Waals surface area contributed by atoms with E-state index in [-0.39, 0.29) is 11.9 Å². The van der Waals surface area contributed by atoms with Gasteiger partial charge in [-0.2, -0.15) is 0 Å². The Balaban J connectivity index is 1.82. The Bertz CT molecular complexity index is 647. The lowest BCUT2D eigenvalue weighted by Crippen LogP contribution is -2.41. The molecule has 0 aliphatic carbocycles. The predicted molar refractivity (Wildman–Crippen MR) is 98.4 cm³/mol. The van der Waals surface area contributed by atoms with E-state index in [1.54, 1.807) is 6.92 Å². The van der Waals surface area contributed by atoms with Crippen LogP contribution in [0.3, 0.4) is 0 Å². The lowest BCUT2D eigenvalue weighted by atomic mass is 10.1. The topological polar surface area (TPSA) is 38.3 Å². The molecule has 0 unspecified atom stereocenters. The van der Waals surface area contributed by atoms with Gasteiger partial charge in [-0.05, 0) is 69.4 Å². The summed E-state index contributed by atoms with van der Waals surface area (Å²) in [5.74, 6) is 0.668. The highest BCUT2D eigenvalue weighted by molar-refractivity contribution is 5.81. The second-order valence-corrected chi connectivity index (χ2v) is 6.52. The fraction of sp³-hybridized carbons (Fsp3) is 0.381. The first kappa shape index (κ1) is 18.1. The first-order valence-corrected chi connectivity index (χ1v) is 8.53. The Morgan fingerprint density at radius 1 is 1.04 bits per heavy atom. The summed E-state index contributed by atoms with van der Waals surface area (Å²) in [5.41, 5.74) is 3.56. The molecule has 0 aromatic heterocycles. The van der Waals surface area contributed by atoms with Crippen molar-refractivity contribution >= 4 is 5.91 Å². The van der Waals surface area contributed by atoms with Gasteiger partial charge in [-0.1, -0.05) is 36.4 Å². The molecule has 1 N–H and O–H groups in total. The molecule has 1 amide bonds. The average Bonchev–Trinajstić information content (AvgIpc) is 2.53. The molecule has 0 radical (unpaired) electrons. The van der Waals surface area contributed by atoms with Crippen LogP contribution in [-0.2, 0) is 11.2 Å². The van der Waals surface area contributed by atoms with Crippen LogP contribution in [0.2, 0.25) is 0 Å². The third-order valence-corrected chi connectivity index (χ3v) is 3.97. The number of carbonyl (C=O) groups excluding carboxylic acids is 1. The van der Waals surface area contributed by atoms with Gasteiger partial charge in [0.15, 0.2) is 6.10 Å². The Morgan fingerprint density at radius 3 is 2.29 bits per heavy atom. The Kier molecular flexibility index (Phi) is 6.42.